The maximum atomic E-state index is 13.6. The number of amides is 2. The number of hydrogen-bond donors (Lipinski definition) is 1. The Morgan fingerprint density at radius 1 is 1.53 bits per heavy atom. The zero-order valence-electron chi connectivity index (χ0n) is 10.00. The van der Waals surface area contributed by atoms with Crippen LogP contribution < -0.4 is 5.32 Å². The van der Waals surface area contributed by atoms with E-state index in [1.165, 1.54) is 6.07 Å². The van der Waals surface area contributed by atoms with Gasteiger partial charge in [-0.15, -0.1) is 0 Å². The largest absolute Gasteiger partial charge is 0.299 e. The third-order valence-corrected chi connectivity index (χ3v) is 2.71. The molecule has 0 aliphatic carbocycles. The standard InChI is InChI=1S/C13H16FNO2/c1-9-3-5-11(12(14)7-9)10(2)4-6-13(17)15-8-16/h3,5,7-8,10H,4,6H2,1-2H3,(H,15,16,17). The van der Waals surface area contributed by atoms with E-state index in [9.17, 15) is 14.0 Å². The molecule has 0 saturated carbocycles. The third-order valence-electron chi connectivity index (χ3n) is 2.71. The summed E-state index contributed by atoms with van der Waals surface area (Å²) < 4.78 is 13.6. The van der Waals surface area contributed by atoms with E-state index in [1.807, 2.05) is 19.9 Å². The summed E-state index contributed by atoms with van der Waals surface area (Å²) in [7, 11) is 0. The monoisotopic (exact) mass is 237 g/mol. The average Bonchev–Trinajstić information content (AvgIpc) is 2.26. The van der Waals surface area contributed by atoms with Crippen molar-refractivity contribution in [2.24, 2.45) is 0 Å². The van der Waals surface area contributed by atoms with Gasteiger partial charge in [-0.3, -0.25) is 14.9 Å². The minimum absolute atomic E-state index is 0.0481. The summed E-state index contributed by atoms with van der Waals surface area (Å²) in [5.41, 5.74) is 1.48. The van der Waals surface area contributed by atoms with Gasteiger partial charge in [-0.2, -0.15) is 0 Å². The molecule has 0 fully saturated rings. The maximum absolute atomic E-state index is 13.6. The minimum Gasteiger partial charge on any atom is -0.299 e. The second-order valence-electron chi connectivity index (χ2n) is 4.15. The molecule has 4 heteroatoms. The molecular formula is C13H16FNO2. The van der Waals surface area contributed by atoms with Gasteiger partial charge in [0.05, 0.1) is 0 Å². The molecule has 0 bridgehead atoms. The molecule has 0 aromatic heterocycles. The van der Waals surface area contributed by atoms with E-state index in [-0.39, 0.29) is 24.1 Å². The fraction of sp³-hybridized carbons (Fsp3) is 0.385. The summed E-state index contributed by atoms with van der Waals surface area (Å²) in [6.07, 6.45) is 1.09. The van der Waals surface area contributed by atoms with E-state index in [0.717, 1.165) is 5.56 Å². The zero-order chi connectivity index (χ0) is 12.8. The Labute approximate surface area is 100 Å². The van der Waals surface area contributed by atoms with Crippen LogP contribution in [0.25, 0.3) is 0 Å². The number of nitrogens with one attached hydrogen (secondary N) is 1. The lowest BCUT2D eigenvalue weighted by Crippen LogP contribution is -2.21. The van der Waals surface area contributed by atoms with Gasteiger partial charge in [-0.1, -0.05) is 19.1 Å². The van der Waals surface area contributed by atoms with Gasteiger partial charge in [0.15, 0.2) is 0 Å². The molecule has 1 rings (SSSR count). The molecule has 1 N–H and O–H groups in total. The lowest BCUT2D eigenvalue weighted by atomic mass is 9.95. The van der Waals surface area contributed by atoms with E-state index >= 15 is 0 Å². The van der Waals surface area contributed by atoms with Crippen molar-refractivity contribution in [3.05, 3.63) is 35.1 Å². The minimum atomic E-state index is -0.334. The Kier molecular flexibility index (Phi) is 4.82. The summed E-state index contributed by atoms with van der Waals surface area (Å²) in [6, 6.07) is 5.07. The number of carbonyl (C=O) groups excluding carboxylic acids is 2. The number of rotatable bonds is 5. The fourth-order valence-electron chi connectivity index (χ4n) is 1.67. The van der Waals surface area contributed by atoms with Crippen LogP contribution in [0.3, 0.4) is 0 Å². The highest BCUT2D eigenvalue weighted by Crippen LogP contribution is 2.23. The number of halogens is 1. The van der Waals surface area contributed by atoms with E-state index in [4.69, 9.17) is 0 Å². The van der Waals surface area contributed by atoms with Gasteiger partial charge in [-0.05, 0) is 36.5 Å². The van der Waals surface area contributed by atoms with Crippen LogP contribution in [0, 0.1) is 12.7 Å². The van der Waals surface area contributed by atoms with Crippen molar-refractivity contribution in [3.8, 4) is 0 Å². The predicted octanol–water partition coefficient (Wildman–Crippen LogP) is 2.29. The van der Waals surface area contributed by atoms with Gasteiger partial charge in [0.2, 0.25) is 12.3 Å². The van der Waals surface area contributed by atoms with E-state index in [1.54, 1.807) is 6.07 Å². The highest BCUT2D eigenvalue weighted by molar-refractivity contribution is 5.85. The van der Waals surface area contributed by atoms with E-state index in [2.05, 4.69) is 5.32 Å². The average molecular weight is 237 g/mol. The second-order valence-corrected chi connectivity index (χ2v) is 4.15. The van der Waals surface area contributed by atoms with Crippen molar-refractivity contribution < 1.29 is 14.0 Å². The number of imide groups is 1. The highest BCUT2D eigenvalue weighted by Gasteiger charge is 2.12. The molecule has 0 saturated heterocycles. The third kappa shape index (κ3) is 3.98. The summed E-state index contributed by atoms with van der Waals surface area (Å²) in [5.74, 6) is -0.624. The van der Waals surface area contributed by atoms with Crippen LogP contribution in [0.4, 0.5) is 4.39 Å². The van der Waals surface area contributed by atoms with Crippen molar-refractivity contribution in [3.63, 3.8) is 0 Å². The van der Waals surface area contributed by atoms with Crippen molar-refractivity contribution in [2.75, 3.05) is 0 Å². The topological polar surface area (TPSA) is 46.2 Å². The first-order valence-electron chi connectivity index (χ1n) is 5.53. The van der Waals surface area contributed by atoms with Crippen molar-refractivity contribution >= 4 is 12.3 Å². The van der Waals surface area contributed by atoms with Crippen LogP contribution in [0.5, 0.6) is 0 Å². The fourth-order valence-corrected chi connectivity index (χ4v) is 1.67. The quantitative estimate of drug-likeness (QED) is 0.799. The Morgan fingerprint density at radius 2 is 2.24 bits per heavy atom. The number of carbonyl (C=O) groups is 2. The van der Waals surface area contributed by atoms with Crippen LogP contribution in [0.15, 0.2) is 18.2 Å². The predicted molar refractivity (Wildman–Crippen MR) is 63.0 cm³/mol. The van der Waals surface area contributed by atoms with Crippen LogP contribution in [-0.4, -0.2) is 12.3 Å². The van der Waals surface area contributed by atoms with Crippen LogP contribution in [0.1, 0.15) is 36.8 Å². The zero-order valence-corrected chi connectivity index (χ0v) is 10.00. The molecule has 1 aromatic rings. The summed E-state index contributed by atoms with van der Waals surface area (Å²) in [4.78, 5) is 21.1. The Bertz CT molecular complexity index is 418. The van der Waals surface area contributed by atoms with Crippen molar-refractivity contribution in [2.45, 2.75) is 32.6 Å². The molecule has 0 aliphatic rings. The van der Waals surface area contributed by atoms with Gasteiger partial charge in [0, 0.05) is 6.42 Å². The second kappa shape index (κ2) is 6.13. The molecule has 0 spiro atoms. The van der Waals surface area contributed by atoms with Crippen molar-refractivity contribution in [1.82, 2.24) is 5.32 Å². The lowest BCUT2D eigenvalue weighted by molar-refractivity contribution is -0.125. The van der Waals surface area contributed by atoms with Crippen molar-refractivity contribution in [1.29, 1.82) is 0 Å². The molecule has 17 heavy (non-hydrogen) atoms. The molecule has 1 aromatic carbocycles. The van der Waals surface area contributed by atoms with E-state index in [0.29, 0.717) is 18.4 Å². The summed E-state index contributed by atoms with van der Waals surface area (Å²) in [6.45, 7) is 3.69. The Balaban J connectivity index is 2.60. The molecule has 0 radical (unpaired) electrons. The van der Waals surface area contributed by atoms with E-state index < -0.39 is 0 Å². The first-order chi connectivity index (χ1) is 8.04. The van der Waals surface area contributed by atoms with Gasteiger partial charge < -0.3 is 0 Å². The Hall–Kier alpha value is -1.71. The molecule has 1 atom stereocenters. The normalized spacial score (nSPS) is 11.9. The SMILES string of the molecule is Cc1ccc(C(C)CCC(=O)NC=O)c(F)c1. The first-order valence-corrected chi connectivity index (χ1v) is 5.53. The van der Waals surface area contributed by atoms with Gasteiger partial charge >= 0.3 is 0 Å². The van der Waals surface area contributed by atoms with Crippen LogP contribution in [0.2, 0.25) is 0 Å². The van der Waals surface area contributed by atoms with Gasteiger partial charge in [-0.25, -0.2) is 4.39 Å². The number of hydrogen-bond acceptors (Lipinski definition) is 2. The van der Waals surface area contributed by atoms with Gasteiger partial charge in [0.25, 0.3) is 0 Å². The lowest BCUT2D eigenvalue weighted by Gasteiger charge is -2.12. The number of benzene rings is 1. The highest BCUT2D eigenvalue weighted by atomic mass is 19.1. The van der Waals surface area contributed by atoms with Crippen LogP contribution in [-0.2, 0) is 9.59 Å². The maximum Gasteiger partial charge on any atom is 0.226 e. The smallest absolute Gasteiger partial charge is 0.226 e. The molecule has 2 amide bonds. The molecule has 0 heterocycles. The molecule has 0 aliphatic heterocycles. The van der Waals surface area contributed by atoms with Gasteiger partial charge in [0.1, 0.15) is 5.82 Å². The molecule has 92 valence electrons. The summed E-state index contributed by atoms with van der Waals surface area (Å²) >= 11 is 0. The number of aryl methyl sites for hydroxylation is 1. The molecule has 1 unspecified atom stereocenters. The van der Waals surface area contributed by atoms with Crippen LogP contribution >= 0.6 is 0 Å². The Morgan fingerprint density at radius 3 is 2.82 bits per heavy atom. The molecule has 3 nitrogen and oxygen atoms in total. The summed E-state index contributed by atoms with van der Waals surface area (Å²) in [5, 5.41) is 2.06. The molecular weight excluding hydrogens is 221 g/mol. The first kappa shape index (κ1) is 13.4.